The van der Waals surface area contributed by atoms with Crippen molar-refractivity contribution in [1.29, 1.82) is 0 Å². The van der Waals surface area contributed by atoms with E-state index in [1.165, 1.54) is 0 Å². The van der Waals surface area contributed by atoms with Gasteiger partial charge in [0, 0.05) is 5.56 Å². The summed E-state index contributed by atoms with van der Waals surface area (Å²) >= 11 is 15.1. The van der Waals surface area contributed by atoms with Gasteiger partial charge in [0.15, 0.2) is 9.89 Å². The molecular weight excluding hydrogens is 436 g/mol. The second-order valence-electron chi connectivity index (χ2n) is 4.67. The summed E-state index contributed by atoms with van der Waals surface area (Å²) in [5, 5.41) is 3.78. The van der Waals surface area contributed by atoms with Crippen LogP contribution >= 0.6 is 39.1 Å². The van der Waals surface area contributed by atoms with Gasteiger partial charge < -0.3 is 9.09 Å². The van der Waals surface area contributed by atoms with Crippen molar-refractivity contribution >= 4 is 39.1 Å². The van der Waals surface area contributed by atoms with Crippen LogP contribution in [0.2, 0.25) is 10.3 Å². The summed E-state index contributed by atoms with van der Waals surface area (Å²) in [6.07, 6.45) is -4.67. The minimum atomic E-state index is -4.67. The predicted molar refractivity (Wildman–Crippen MR) is 83.8 cm³/mol. The smallest absolute Gasteiger partial charge is 0.329 e. The first-order chi connectivity index (χ1) is 11.3. The summed E-state index contributed by atoms with van der Waals surface area (Å²) in [5.74, 6) is -1.52. The van der Waals surface area contributed by atoms with Crippen LogP contribution in [0.25, 0.3) is 11.4 Å². The summed E-state index contributed by atoms with van der Waals surface area (Å²) in [6.45, 7) is 0.374. The molecule has 126 valence electrons. The Morgan fingerprint density at radius 1 is 1.12 bits per heavy atom. The first-order valence-electron chi connectivity index (χ1n) is 6.33. The molecular formula is C13H6BrCl2F3N4O. The van der Waals surface area contributed by atoms with Gasteiger partial charge in [-0.15, -0.1) is 0 Å². The first kappa shape index (κ1) is 17.2. The van der Waals surface area contributed by atoms with E-state index in [4.69, 9.17) is 23.2 Å². The van der Waals surface area contributed by atoms with Gasteiger partial charge in [-0.3, -0.25) is 0 Å². The lowest BCUT2D eigenvalue weighted by Gasteiger charge is -2.06. The average molecular weight is 442 g/mol. The number of nitrogens with zero attached hydrogens (tertiary/aromatic N) is 4. The fourth-order valence-corrected chi connectivity index (χ4v) is 2.96. The molecule has 2 aromatic heterocycles. The Kier molecular flexibility index (Phi) is 4.58. The van der Waals surface area contributed by atoms with Crippen molar-refractivity contribution in [2.24, 2.45) is 0 Å². The molecule has 0 aliphatic rings. The highest BCUT2D eigenvalue weighted by molar-refractivity contribution is 9.10. The third kappa shape index (κ3) is 3.42. The van der Waals surface area contributed by atoms with E-state index in [0.717, 1.165) is 5.56 Å². The summed E-state index contributed by atoms with van der Waals surface area (Å²) in [7, 11) is 0. The number of hydrogen-bond acceptors (Lipinski definition) is 4. The molecule has 0 aliphatic carbocycles. The number of alkyl halides is 3. The van der Waals surface area contributed by atoms with Gasteiger partial charge >= 0.3 is 12.1 Å². The van der Waals surface area contributed by atoms with Crippen molar-refractivity contribution in [1.82, 2.24) is 19.7 Å². The van der Waals surface area contributed by atoms with Crippen LogP contribution in [-0.2, 0) is 12.7 Å². The zero-order valence-corrected chi connectivity index (χ0v) is 14.6. The molecule has 0 spiro atoms. The molecule has 0 fully saturated rings. The van der Waals surface area contributed by atoms with E-state index in [2.05, 4.69) is 35.6 Å². The molecule has 1 aromatic carbocycles. The van der Waals surface area contributed by atoms with E-state index in [9.17, 15) is 13.2 Å². The SMILES string of the molecule is FC(F)(F)c1nc(-c2ccc(Cn3c(Br)nc(Cl)c3Cl)cc2)no1. The second-order valence-corrected chi connectivity index (χ2v) is 6.09. The highest BCUT2D eigenvalue weighted by Gasteiger charge is 2.38. The Morgan fingerprint density at radius 3 is 2.29 bits per heavy atom. The van der Waals surface area contributed by atoms with Crippen molar-refractivity contribution in [2.75, 3.05) is 0 Å². The van der Waals surface area contributed by atoms with Crippen LogP contribution in [0.1, 0.15) is 11.5 Å². The van der Waals surface area contributed by atoms with E-state index in [1.807, 2.05) is 0 Å². The van der Waals surface area contributed by atoms with Crippen molar-refractivity contribution in [3.63, 3.8) is 0 Å². The summed E-state index contributed by atoms with van der Waals surface area (Å²) in [6, 6.07) is 6.58. The summed E-state index contributed by atoms with van der Waals surface area (Å²) in [4.78, 5) is 7.30. The Hall–Kier alpha value is -1.58. The Balaban J connectivity index is 1.82. The Morgan fingerprint density at radius 2 is 1.79 bits per heavy atom. The number of benzene rings is 1. The van der Waals surface area contributed by atoms with Gasteiger partial charge in [-0.05, 0) is 21.5 Å². The fourth-order valence-electron chi connectivity index (χ4n) is 1.91. The molecule has 24 heavy (non-hydrogen) atoms. The third-order valence-corrected chi connectivity index (χ3v) is 4.39. The standard InChI is InChI=1S/C13H6BrCl2F3N4O/c14-12-20-8(15)9(16)23(12)5-6-1-3-7(4-2-6)10-21-11(24-22-10)13(17,18)19/h1-4H,5H2. The van der Waals surface area contributed by atoms with E-state index in [-0.39, 0.29) is 16.1 Å². The van der Waals surface area contributed by atoms with Gasteiger partial charge in [0.25, 0.3) is 0 Å². The number of hydrogen-bond donors (Lipinski definition) is 0. The van der Waals surface area contributed by atoms with Crippen molar-refractivity contribution in [3.05, 3.63) is 50.8 Å². The lowest BCUT2D eigenvalue weighted by atomic mass is 10.1. The molecule has 0 N–H and O–H groups in total. The van der Waals surface area contributed by atoms with Gasteiger partial charge in [-0.2, -0.15) is 18.2 Å². The Bertz CT molecular complexity index is 876. The summed E-state index contributed by atoms with van der Waals surface area (Å²) in [5.41, 5.74) is 1.22. The number of halogens is 6. The molecule has 0 unspecified atom stereocenters. The van der Waals surface area contributed by atoms with Gasteiger partial charge in [0.2, 0.25) is 5.82 Å². The highest BCUT2D eigenvalue weighted by Crippen LogP contribution is 2.30. The zero-order chi connectivity index (χ0) is 17.5. The maximum absolute atomic E-state index is 12.5. The maximum Gasteiger partial charge on any atom is 0.471 e. The molecule has 0 aliphatic heterocycles. The van der Waals surface area contributed by atoms with Crippen LogP contribution in [0.3, 0.4) is 0 Å². The lowest BCUT2D eigenvalue weighted by molar-refractivity contribution is -0.159. The minimum absolute atomic E-state index is 0.140. The molecule has 2 heterocycles. The van der Waals surface area contributed by atoms with Crippen molar-refractivity contribution in [3.8, 4) is 11.4 Å². The number of imidazole rings is 1. The second kappa shape index (κ2) is 6.38. The average Bonchev–Trinajstić information content (AvgIpc) is 3.10. The predicted octanol–water partition coefficient (Wildman–Crippen LogP) is 5.07. The zero-order valence-electron chi connectivity index (χ0n) is 11.5. The van der Waals surface area contributed by atoms with Crippen LogP contribution in [0.15, 0.2) is 33.5 Å². The molecule has 0 radical (unpaired) electrons. The minimum Gasteiger partial charge on any atom is -0.329 e. The molecule has 0 saturated heterocycles. The van der Waals surface area contributed by atoms with Gasteiger partial charge in [-0.25, -0.2) is 4.98 Å². The summed E-state index contributed by atoms with van der Waals surface area (Å²) < 4.78 is 43.7. The van der Waals surface area contributed by atoms with Crippen molar-refractivity contribution in [2.45, 2.75) is 12.7 Å². The van der Waals surface area contributed by atoms with Crippen LogP contribution < -0.4 is 0 Å². The lowest BCUT2D eigenvalue weighted by Crippen LogP contribution is -2.04. The highest BCUT2D eigenvalue weighted by atomic mass is 79.9. The van der Waals surface area contributed by atoms with E-state index < -0.39 is 12.1 Å². The maximum atomic E-state index is 12.5. The molecule has 0 atom stereocenters. The molecule has 5 nitrogen and oxygen atoms in total. The molecule has 0 amide bonds. The van der Waals surface area contributed by atoms with Gasteiger partial charge in [0.05, 0.1) is 6.54 Å². The Labute approximate surface area is 151 Å². The molecule has 0 bridgehead atoms. The molecule has 3 aromatic rings. The fraction of sp³-hybridized carbons (Fsp3) is 0.154. The quantitative estimate of drug-likeness (QED) is 0.569. The van der Waals surface area contributed by atoms with Crippen LogP contribution in [0.5, 0.6) is 0 Å². The van der Waals surface area contributed by atoms with Crippen LogP contribution in [0, 0.1) is 0 Å². The number of aromatic nitrogens is 4. The third-order valence-electron chi connectivity index (χ3n) is 3.04. The molecule has 11 heteroatoms. The topological polar surface area (TPSA) is 56.7 Å². The van der Waals surface area contributed by atoms with Crippen LogP contribution in [-0.4, -0.2) is 19.7 Å². The monoisotopic (exact) mass is 440 g/mol. The first-order valence-corrected chi connectivity index (χ1v) is 7.88. The van der Waals surface area contributed by atoms with Crippen LogP contribution in [0.4, 0.5) is 13.2 Å². The molecule has 3 rings (SSSR count). The van der Waals surface area contributed by atoms with Crippen molar-refractivity contribution < 1.29 is 17.7 Å². The van der Waals surface area contributed by atoms with E-state index in [1.54, 1.807) is 28.8 Å². The van der Waals surface area contributed by atoms with E-state index >= 15 is 0 Å². The normalized spacial score (nSPS) is 11.9. The van der Waals surface area contributed by atoms with Gasteiger partial charge in [-0.1, -0.05) is 52.6 Å². The van der Waals surface area contributed by atoms with Gasteiger partial charge in [0.1, 0.15) is 5.15 Å². The molecule has 0 saturated carbocycles. The van der Waals surface area contributed by atoms with E-state index in [0.29, 0.717) is 16.8 Å². The largest absolute Gasteiger partial charge is 0.471 e. The number of rotatable bonds is 3.